The number of hydrogen-bond acceptors (Lipinski definition) is 11. The summed E-state index contributed by atoms with van der Waals surface area (Å²) in [6.07, 6.45) is 0. The van der Waals surface area contributed by atoms with Crippen molar-refractivity contribution in [3.05, 3.63) is 46.8 Å². The fourth-order valence-corrected chi connectivity index (χ4v) is 6.20. The van der Waals surface area contributed by atoms with Gasteiger partial charge in [-0.25, -0.2) is 9.59 Å². The molecule has 15 nitrogen and oxygen atoms in total. The largest absolute Gasteiger partial charge is 0.480 e. The number of amides is 2. The predicted octanol–water partition coefficient (Wildman–Crippen LogP) is -0.470. The minimum absolute atomic E-state index is 0.0779. The van der Waals surface area contributed by atoms with Crippen LogP contribution in [0.1, 0.15) is 22.1 Å². The molecule has 2 aliphatic heterocycles. The highest BCUT2D eigenvalue weighted by molar-refractivity contribution is 8.01. The molecule has 4 rings (SSSR count). The molecule has 3 atom stereocenters. The van der Waals surface area contributed by atoms with E-state index in [9.17, 15) is 29.1 Å². The third-order valence-corrected chi connectivity index (χ3v) is 8.06. The SMILES string of the molecule is NC(C(=O)NC1C(=O)N2C(C(=O)O)=C(CSc3[nH]nnc3C(=O)O)CS[C@H]12)c1ccc(NCC(=O)O)cc1. The van der Waals surface area contributed by atoms with Crippen LogP contribution in [0, 0.1) is 0 Å². The van der Waals surface area contributed by atoms with E-state index in [4.69, 9.17) is 15.9 Å². The number of carboxylic acid groups (broad SMARTS) is 3. The Labute approximate surface area is 222 Å². The molecule has 2 amide bonds. The number of hydrogen-bond donors (Lipinski definition) is 7. The summed E-state index contributed by atoms with van der Waals surface area (Å²) in [6, 6.07) is 4.15. The highest BCUT2D eigenvalue weighted by Gasteiger charge is 2.54. The van der Waals surface area contributed by atoms with Crippen molar-refractivity contribution in [2.24, 2.45) is 5.73 Å². The summed E-state index contributed by atoms with van der Waals surface area (Å²) in [4.78, 5) is 60.7. The van der Waals surface area contributed by atoms with Gasteiger partial charge in [0, 0.05) is 17.2 Å². The number of anilines is 1. The topological polar surface area (TPSA) is 241 Å². The Morgan fingerprint density at radius 1 is 1.18 bits per heavy atom. The Balaban J connectivity index is 1.40. The molecule has 1 saturated heterocycles. The standard InChI is InChI=1S/C21H21N7O8S2/c22-12(8-1-3-10(4-2-8)23-5-11(29)30)16(31)24-14-18(32)28-15(21(35)36)9(7-38-19(14)28)6-37-17-13(20(33)34)25-27-26-17/h1-4,12,14,19,23H,5-7,22H2,(H,24,31)(H,29,30)(H,33,34)(H,35,36)(H,25,26,27)/t12?,14?,19-/m1/s1. The number of aromatic amines is 1. The molecule has 2 aromatic rings. The number of carbonyl (C=O) groups is 5. The number of aromatic nitrogens is 3. The summed E-state index contributed by atoms with van der Waals surface area (Å²) < 4.78 is 0. The zero-order valence-corrected chi connectivity index (χ0v) is 20.9. The molecule has 200 valence electrons. The zero-order chi connectivity index (χ0) is 27.6. The van der Waals surface area contributed by atoms with E-state index in [2.05, 4.69) is 26.0 Å². The van der Waals surface area contributed by atoms with E-state index in [1.807, 2.05) is 0 Å². The summed E-state index contributed by atoms with van der Waals surface area (Å²) in [5, 5.41) is 41.9. The Hall–Kier alpha value is -4.09. The number of carbonyl (C=O) groups excluding carboxylic acids is 2. The number of carboxylic acids is 3. The summed E-state index contributed by atoms with van der Waals surface area (Å²) in [5.41, 5.74) is 6.91. The monoisotopic (exact) mass is 563 g/mol. The van der Waals surface area contributed by atoms with E-state index in [1.54, 1.807) is 24.3 Å². The van der Waals surface area contributed by atoms with Crippen molar-refractivity contribution in [3.8, 4) is 0 Å². The van der Waals surface area contributed by atoms with Gasteiger partial charge in [-0.05, 0) is 23.3 Å². The maximum Gasteiger partial charge on any atom is 0.359 e. The van der Waals surface area contributed by atoms with Crippen molar-refractivity contribution in [2.75, 3.05) is 23.4 Å². The number of nitrogens with zero attached hydrogens (tertiary/aromatic N) is 3. The number of aromatic carboxylic acids is 1. The van der Waals surface area contributed by atoms with Crippen LogP contribution in [-0.4, -0.2) is 94.8 Å². The van der Waals surface area contributed by atoms with Crippen molar-refractivity contribution in [3.63, 3.8) is 0 Å². The van der Waals surface area contributed by atoms with Gasteiger partial charge in [-0.2, -0.15) is 0 Å². The lowest BCUT2D eigenvalue weighted by Gasteiger charge is -2.49. The number of nitrogens with one attached hydrogen (secondary N) is 3. The molecule has 1 fully saturated rings. The molecule has 8 N–H and O–H groups in total. The van der Waals surface area contributed by atoms with Gasteiger partial charge in [0.05, 0.1) is 0 Å². The molecule has 0 bridgehead atoms. The lowest BCUT2D eigenvalue weighted by Crippen LogP contribution is -2.71. The van der Waals surface area contributed by atoms with Gasteiger partial charge in [-0.3, -0.25) is 24.4 Å². The number of benzene rings is 1. The van der Waals surface area contributed by atoms with Crippen LogP contribution in [0.15, 0.2) is 40.6 Å². The molecular weight excluding hydrogens is 542 g/mol. The number of β-lactam (4-membered cyclic amide) rings is 1. The quantitative estimate of drug-likeness (QED) is 0.135. The van der Waals surface area contributed by atoms with Crippen molar-refractivity contribution >= 4 is 58.9 Å². The summed E-state index contributed by atoms with van der Waals surface area (Å²) in [7, 11) is 0. The van der Waals surface area contributed by atoms with Gasteiger partial charge >= 0.3 is 17.9 Å². The van der Waals surface area contributed by atoms with Crippen molar-refractivity contribution in [2.45, 2.75) is 22.5 Å². The summed E-state index contributed by atoms with van der Waals surface area (Å²) in [6.45, 7) is -0.276. The van der Waals surface area contributed by atoms with Gasteiger partial charge in [0.15, 0.2) is 0 Å². The predicted molar refractivity (Wildman–Crippen MR) is 133 cm³/mol. The average molecular weight is 564 g/mol. The molecule has 38 heavy (non-hydrogen) atoms. The van der Waals surface area contributed by atoms with Crippen LogP contribution >= 0.6 is 23.5 Å². The Morgan fingerprint density at radius 3 is 2.53 bits per heavy atom. The molecule has 0 saturated carbocycles. The molecule has 0 aliphatic carbocycles. The van der Waals surface area contributed by atoms with Crippen LogP contribution in [0.3, 0.4) is 0 Å². The van der Waals surface area contributed by atoms with E-state index in [0.29, 0.717) is 16.8 Å². The van der Waals surface area contributed by atoms with Crippen LogP contribution in [0.25, 0.3) is 0 Å². The van der Waals surface area contributed by atoms with Gasteiger partial charge in [0.25, 0.3) is 5.91 Å². The fourth-order valence-electron chi connectivity index (χ4n) is 3.79. The van der Waals surface area contributed by atoms with Crippen LogP contribution in [0.2, 0.25) is 0 Å². The summed E-state index contributed by atoms with van der Waals surface area (Å²) >= 11 is 2.26. The molecule has 2 unspecified atom stereocenters. The van der Waals surface area contributed by atoms with Crippen LogP contribution in [0.4, 0.5) is 5.69 Å². The second-order valence-corrected chi connectivity index (χ2v) is 10.2. The summed E-state index contributed by atoms with van der Waals surface area (Å²) in [5.74, 6) is -4.56. The van der Waals surface area contributed by atoms with Crippen LogP contribution in [0.5, 0.6) is 0 Å². The van der Waals surface area contributed by atoms with Crippen LogP contribution < -0.4 is 16.4 Å². The highest BCUT2D eigenvalue weighted by atomic mass is 32.2. The lowest BCUT2D eigenvalue weighted by atomic mass is 10.0. The lowest BCUT2D eigenvalue weighted by molar-refractivity contribution is -0.150. The number of H-pyrrole nitrogens is 1. The van der Waals surface area contributed by atoms with Crippen molar-refractivity contribution < 1.29 is 39.3 Å². The van der Waals surface area contributed by atoms with E-state index in [-0.39, 0.29) is 34.5 Å². The molecule has 1 aromatic carbocycles. The smallest absolute Gasteiger partial charge is 0.359 e. The van der Waals surface area contributed by atoms with Crippen molar-refractivity contribution in [1.82, 2.24) is 25.6 Å². The first-order valence-electron chi connectivity index (χ1n) is 10.9. The Bertz CT molecular complexity index is 1330. The second-order valence-electron chi connectivity index (χ2n) is 8.08. The molecule has 1 aromatic heterocycles. The number of fused-ring (bicyclic) bond motifs is 1. The first-order valence-corrected chi connectivity index (χ1v) is 12.9. The third-order valence-electron chi connectivity index (χ3n) is 5.65. The molecular formula is C21H21N7O8S2. The maximum absolute atomic E-state index is 12.9. The second kappa shape index (κ2) is 11.1. The zero-order valence-electron chi connectivity index (χ0n) is 19.3. The number of rotatable bonds is 11. The first-order chi connectivity index (χ1) is 18.1. The Morgan fingerprint density at radius 2 is 1.89 bits per heavy atom. The van der Waals surface area contributed by atoms with E-state index < -0.39 is 47.2 Å². The number of nitrogens with two attached hydrogens (primary N) is 1. The Kier molecular flexibility index (Phi) is 7.88. The van der Waals surface area contributed by atoms with Gasteiger partial charge in [0.2, 0.25) is 11.6 Å². The van der Waals surface area contributed by atoms with Gasteiger partial charge in [-0.15, -0.1) is 16.9 Å². The third kappa shape index (κ3) is 5.43. The molecule has 3 heterocycles. The van der Waals surface area contributed by atoms with Gasteiger partial charge in [0.1, 0.15) is 34.7 Å². The maximum atomic E-state index is 12.9. The minimum Gasteiger partial charge on any atom is -0.480 e. The van der Waals surface area contributed by atoms with Gasteiger partial charge < -0.3 is 31.7 Å². The molecule has 0 spiro atoms. The van der Waals surface area contributed by atoms with Gasteiger partial charge in [-0.1, -0.05) is 29.1 Å². The van der Waals surface area contributed by atoms with E-state index >= 15 is 0 Å². The average Bonchev–Trinajstić information content (AvgIpc) is 3.37. The molecule has 17 heteroatoms. The minimum atomic E-state index is -1.32. The van der Waals surface area contributed by atoms with E-state index in [1.165, 1.54) is 11.8 Å². The fraction of sp³-hybridized carbons (Fsp3) is 0.286. The first kappa shape index (κ1) is 27.0. The van der Waals surface area contributed by atoms with Crippen LogP contribution in [-0.2, 0) is 19.2 Å². The number of aliphatic carboxylic acids is 2. The molecule has 2 aliphatic rings. The molecule has 0 radical (unpaired) electrons. The highest BCUT2D eigenvalue weighted by Crippen LogP contribution is 2.41. The van der Waals surface area contributed by atoms with E-state index in [0.717, 1.165) is 16.7 Å². The number of thioether (sulfide) groups is 2. The normalized spacial score (nSPS) is 19.3. The van der Waals surface area contributed by atoms with Crippen molar-refractivity contribution in [1.29, 1.82) is 0 Å².